The van der Waals surface area contributed by atoms with Gasteiger partial charge in [0.25, 0.3) is 5.91 Å². The van der Waals surface area contributed by atoms with E-state index in [-0.39, 0.29) is 5.91 Å². The van der Waals surface area contributed by atoms with Crippen LogP contribution in [0.3, 0.4) is 0 Å². The number of aliphatic hydroxyl groups is 1. The summed E-state index contributed by atoms with van der Waals surface area (Å²) >= 11 is 1.66. The Balaban J connectivity index is 1.41. The van der Waals surface area contributed by atoms with Crippen LogP contribution in [0.2, 0.25) is 0 Å². The predicted octanol–water partition coefficient (Wildman–Crippen LogP) is 4.56. The lowest BCUT2D eigenvalue weighted by Crippen LogP contribution is -2.11. The number of amides is 1. The fraction of sp³-hybridized carbons (Fsp3) is 0.136. The van der Waals surface area contributed by atoms with E-state index in [2.05, 4.69) is 20.3 Å². The maximum Gasteiger partial charge on any atom is 0.255 e. The highest BCUT2D eigenvalue weighted by atomic mass is 32.2. The van der Waals surface area contributed by atoms with Crippen LogP contribution in [0.15, 0.2) is 71.9 Å². The number of nitrogens with zero attached hydrogens (tertiary/aromatic N) is 2. The van der Waals surface area contributed by atoms with Crippen molar-refractivity contribution in [3.8, 4) is 0 Å². The van der Waals surface area contributed by atoms with Crippen LogP contribution < -0.4 is 5.32 Å². The van der Waals surface area contributed by atoms with Gasteiger partial charge in [-0.2, -0.15) is 0 Å². The second-order valence-electron chi connectivity index (χ2n) is 6.64. The minimum atomic E-state index is -0.671. The molecular weight excluding hydrogens is 384 g/mol. The number of H-pyrrole nitrogens is 1. The van der Waals surface area contributed by atoms with Crippen molar-refractivity contribution in [2.45, 2.75) is 23.8 Å². The molecule has 0 aliphatic heterocycles. The van der Waals surface area contributed by atoms with Crippen LogP contribution in [0.25, 0.3) is 11.0 Å². The van der Waals surface area contributed by atoms with Crippen LogP contribution >= 0.6 is 11.8 Å². The maximum absolute atomic E-state index is 12.6. The molecule has 2 aromatic heterocycles. The standard InChI is InChI=1S/C22H20N4O2S/c1-14(27)21-25-18-10-9-17(12-19(18)26-21)24-22(28)16-7-5-15(6-8-16)13-29-20-4-2-3-11-23-20/h2-12,14,27H,13H2,1H3,(H,24,28)(H,25,26). The van der Waals surface area contributed by atoms with Gasteiger partial charge in [-0.1, -0.05) is 18.2 Å². The van der Waals surface area contributed by atoms with Crippen molar-refractivity contribution < 1.29 is 9.90 Å². The Kier molecular flexibility index (Phi) is 5.59. The molecule has 4 aromatic rings. The lowest BCUT2D eigenvalue weighted by molar-refractivity contribution is 0.102. The second kappa shape index (κ2) is 8.46. The number of nitrogens with one attached hydrogen (secondary N) is 2. The maximum atomic E-state index is 12.6. The van der Waals surface area contributed by atoms with E-state index in [1.165, 1.54) is 0 Å². The number of pyridine rings is 1. The summed E-state index contributed by atoms with van der Waals surface area (Å²) in [6, 6.07) is 18.8. The first-order chi connectivity index (χ1) is 14.1. The molecule has 3 N–H and O–H groups in total. The first kappa shape index (κ1) is 19.2. The fourth-order valence-electron chi connectivity index (χ4n) is 2.85. The van der Waals surface area contributed by atoms with Crippen LogP contribution in [0.4, 0.5) is 5.69 Å². The van der Waals surface area contributed by atoms with Crippen molar-refractivity contribution in [3.05, 3.63) is 83.8 Å². The van der Waals surface area contributed by atoms with E-state index in [1.54, 1.807) is 30.9 Å². The smallest absolute Gasteiger partial charge is 0.255 e. The molecule has 29 heavy (non-hydrogen) atoms. The number of imidazole rings is 1. The molecule has 6 nitrogen and oxygen atoms in total. The Morgan fingerprint density at radius 1 is 1.17 bits per heavy atom. The van der Waals surface area contributed by atoms with Crippen LogP contribution in [-0.2, 0) is 5.75 Å². The van der Waals surface area contributed by atoms with Gasteiger partial charge in [0.1, 0.15) is 11.9 Å². The molecule has 0 saturated carbocycles. The lowest BCUT2D eigenvalue weighted by atomic mass is 10.1. The third kappa shape index (κ3) is 4.64. The topological polar surface area (TPSA) is 90.9 Å². The molecule has 146 valence electrons. The second-order valence-corrected chi connectivity index (χ2v) is 7.63. The van der Waals surface area contributed by atoms with Crippen LogP contribution in [0.5, 0.6) is 0 Å². The number of aromatic nitrogens is 3. The summed E-state index contributed by atoms with van der Waals surface area (Å²) in [7, 11) is 0. The van der Waals surface area contributed by atoms with Crippen LogP contribution in [-0.4, -0.2) is 26.0 Å². The van der Waals surface area contributed by atoms with E-state index in [0.29, 0.717) is 17.1 Å². The zero-order chi connectivity index (χ0) is 20.2. The summed E-state index contributed by atoms with van der Waals surface area (Å²) in [6.45, 7) is 1.65. The molecule has 1 unspecified atom stereocenters. The molecule has 4 rings (SSSR count). The van der Waals surface area contributed by atoms with Gasteiger partial charge in [0.15, 0.2) is 0 Å². The molecule has 0 aliphatic carbocycles. The van der Waals surface area contributed by atoms with Crippen LogP contribution in [0.1, 0.15) is 34.8 Å². The first-order valence-corrected chi connectivity index (χ1v) is 10.2. The molecule has 0 spiro atoms. The lowest BCUT2D eigenvalue weighted by Gasteiger charge is -2.06. The van der Waals surface area contributed by atoms with Crippen LogP contribution in [0, 0.1) is 0 Å². The Hall–Kier alpha value is -3.16. The average Bonchev–Trinajstić information content (AvgIpc) is 3.17. The summed E-state index contributed by atoms with van der Waals surface area (Å²) in [5.74, 6) is 1.12. The Bertz CT molecular complexity index is 1120. The normalized spacial score (nSPS) is 12.1. The number of rotatable bonds is 6. The Labute approximate surface area is 172 Å². The van der Waals surface area contributed by atoms with Gasteiger partial charge >= 0.3 is 0 Å². The number of hydrogen-bond donors (Lipinski definition) is 3. The fourth-order valence-corrected chi connectivity index (χ4v) is 3.67. The predicted molar refractivity (Wildman–Crippen MR) is 115 cm³/mol. The zero-order valence-electron chi connectivity index (χ0n) is 15.8. The summed E-state index contributed by atoms with van der Waals surface area (Å²) in [4.78, 5) is 24.2. The van der Waals surface area contributed by atoms with E-state index < -0.39 is 6.10 Å². The number of aliphatic hydroxyl groups excluding tert-OH is 1. The Morgan fingerprint density at radius 3 is 2.72 bits per heavy atom. The molecule has 7 heteroatoms. The number of hydrogen-bond acceptors (Lipinski definition) is 5. The summed E-state index contributed by atoms with van der Waals surface area (Å²) in [6.07, 6.45) is 1.11. The monoisotopic (exact) mass is 404 g/mol. The number of carbonyl (C=O) groups is 1. The summed E-state index contributed by atoms with van der Waals surface area (Å²) in [5.41, 5.74) is 3.89. The van der Waals surface area contributed by atoms with E-state index >= 15 is 0 Å². The molecule has 0 aliphatic rings. The van der Waals surface area contributed by atoms with E-state index in [1.807, 2.05) is 54.6 Å². The van der Waals surface area contributed by atoms with Gasteiger partial charge in [0.05, 0.1) is 16.1 Å². The third-order valence-corrected chi connectivity index (χ3v) is 5.41. The minimum Gasteiger partial charge on any atom is -0.385 e. The number of thioether (sulfide) groups is 1. The highest BCUT2D eigenvalue weighted by molar-refractivity contribution is 7.98. The molecule has 0 radical (unpaired) electrons. The average molecular weight is 404 g/mol. The molecule has 2 heterocycles. The van der Waals surface area contributed by atoms with E-state index in [4.69, 9.17) is 0 Å². The van der Waals surface area contributed by atoms with Gasteiger partial charge in [0.2, 0.25) is 0 Å². The van der Waals surface area contributed by atoms with E-state index in [9.17, 15) is 9.90 Å². The molecule has 0 fully saturated rings. The molecular formula is C22H20N4O2S. The molecule has 1 amide bonds. The number of anilines is 1. The summed E-state index contributed by atoms with van der Waals surface area (Å²) < 4.78 is 0. The Morgan fingerprint density at radius 2 is 2.00 bits per heavy atom. The molecule has 0 bridgehead atoms. The first-order valence-electron chi connectivity index (χ1n) is 9.20. The van der Waals surface area contributed by atoms with Crippen molar-refractivity contribution in [2.24, 2.45) is 0 Å². The number of carbonyl (C=O) groups excluding carboxylic acids is 1. The van der Waals surface area contributed by atoms with Gasteiger partial charge in [-0.3, -0.25) is 4.79 Å². The van der Waals surface area contributed by atoms with Gasteiger partial charge in [-0.25, -0.2) is 9.97 Å². The minimum absolute atomic E-state index is 0.177. The summed E-state index contributed by atoms with van der Waals surface area (Å²) in [5, 5.41) is 13.5. The quantitative estimate of drug-likeness (QED) is 0.410. The molecule has 1 atom stereocenters. The third-order valence-electron chi connectivity index (χ3n) is 4.39. The number of aromatic amines is 1. The van der Waals surface area contributed by atoms with Crippen molar-refractivity contribution in [1.82, 2.24) is 15.0 Å². The van der Waals surface area contributed by atoms with Gasteiger partial charge in [0, 0.05) is 23.2 Å². The zero-order valence-corrected chi connectivity index (χ0v) is 16.6. The van der Waals surface area contributed by atoms with Crippen molar-refractivity contribution >= 4 is 34.4 Å². The van der Waals surface area contributed by atoms with Crippen molar-refractivity contribution in [3.63, 3.8) is 0 Å². The highest BCUT2D eigenvalue weighted by Gasteiger charge is 2.10. The number of fused-ring (bicyclic) bond motifs is 1. The van der Waals surface area contributed by atoms with Gasteiger partial charge in [-0.15, -0.1) is 11.8 Å². The van der Waals surface area contributed by atoms with Gasteiger partial charge in [-0.05, 0) is 55.0 Å². The SMILES string of the molecule is CC(O)c1nc2ccc(NC(=O)c3ccc(CSc4ccccn4)cc3)cc2[nH]1. The van der Waals surface area contributed by atoms with Gasteiger partial charge < -0.3 is 15.4 Å². The number of benzene rings is 2. The highest BCUT2D eigenvalue weighted by Crippen LogP contribution is 2.22. The van der Waals surface area contributed by atoms with E-state index in [0.717, 1.165) is 27.4 Å². The molecule has 0 saturated heterocycles. The van der Waals surface area contributed by atoms with Crippen molar-refractivity contribution in [1.29, 1.82) is 0 Å². The van der Waals surface area contributed by atoms with Crippen molar-refractivity contribution in [2.75, 3.05) is 5.32 Å². The largest absolute Gasteiger partial charge is 0.385 e. The molecule has 2 aromatic carbocycles.